The molecule has 1 aliphatic heterocycles. The Hall–Kier alpha value is -0.0800. The lowest BCUT2D eigenvalue weighted by atomic mass is 10.1. The maximum absolute atomic E-state index is 5.44. The van der Waals surface area contributed by atoms with Crippen LogP contribution in [0.1, 0.15) is 51.9 Å². The Kier molecular flexibility index (Phi) is 7.94. The fraction of sp³-hybridized carbons (Fsp3) is 1.00. The van der Waals surface area contributed by atoms with Crippen molar-refractivity contribution < 1.29 is 4.74 Å². The van der Waals surface area contributed by atoms with Crippen molar-refractivity contribution in [3.63, 3.8) is 0 Å². The molecule has 1 fully saturated rings. The van der Waals surface area contributed by atoms with Crippen molar-refractivity contribution in [3.8, 4) is 0 Å². The van der Waals surface area contributed by atoms with Gasteiger partial charge in [-0.2, -0.15) is 0 Å². The second kappa shape index (κ2) is 9.17. The quantitative estimate of drug-likeness (QED) is 0.603. The van der Waals surface area contributed by atoms with Crippen LogP contribution in [0.5, 0.6) is 0 Å². The second-order valence-electron chi connectivity index (χ2n) is 4.58. The lowest BCUT2D eigenvalue weighted by molar-refractivity contribution is 0.141. The third kappa shape index (κ3) is 6.91. The molecule has 0 aromatic rings. The minimum atomic E-state index is 0.940. The van der Waals surface area contributed by atoms with Crippen LogP contribution < -0.4 is 0 Å². The summed E-state index contributed by atoms with van der Waals surface area (Å²) in [7, 11) is 0. The molecule has 2 nitrogen and oxygen atoms in total. The number of hydrogen-bond donors (Lipinski definition) is 0. The molecule has 0 amide bonds. The Morgan fingerprint density at radius 1 is 0.933 bits per heavy atom. The standard InChI is InChI=1S/C13H27NO/c1-2-3-4-5-6-7-9-14-10-8-12-15-13-11-14/h2-13H2,1H3. The van der Waals surface area contributed by atoms with E-state index in [4.69, 9.17) is 4.74 Å². The van der Waals surface area contributed by atoms with Gasteiger partial charge in [-0.05, 0) is 19.4 Å². The zero-order valence-corrected chi connectivity index (χ0v) is 10.3. The summed E-state index contributed by atoms with van der Waals surface area (Å²) in [6, 6.07) is 0. The van der Waals surface area contributed by atoms with Crippen LogP contribution in [0.4, 0.5) is 0 Å². The Balaban J connectivity index is 1.89. The van der Waals surface area contributed by atoms with Crippen LogP contribution in [-0.4, -0.2) is 37.7 Å². The van der Waals surface area contributed by atoms with Crippen molar-refractivity contribution in [2.45, 2.75) is 51.9 Å². The fourth-order valence-electron chi connectivity index (χ4n) is 2.14. The molecule has 1 heterocycles. The molecule has 0 radical (unpaired) electrons. The average molecular weight is 213 g/mol. The predicted molar refractivity (Wildman–Crippen MR) is 65.3 cm³/mol. The molecule has 0 N–H and O–H groups in total. The molecule has 0 atom stereocenters. The highest BCUT2D eigenvalue weighted by atomic mass is 16.5. The molecule has 0 bridgehead atoms. The van der Waals surface area contributed by atoms with Crippen molar-refractivity contribution in [2.75, 3.05) is 32.8 Å². The summed E-state index contributed by atoms with van der Waals surface area (Å²) < 4.78 is 5.44. The molecule has 90 valence electrons. The van der Waals surface area contributed by atoms with Crippen LogP contribution >= 0.6 is 0 Å². The number of hydrogen-bond acceptors (Lipinski definition) is 2. The van der Waals surface area contributed by atoms with Crippen molar-refractivity contribution >= 4 is 0 Å². The second-order valence-corrected chi connectivity index (χ2v) is 4.58. The molecule has 0 spiro atoms. The molecule has 15 heavy (non-hydrogen) atoms. The van der Waals surface area contributed by atoms with Gasteiger partial charge in [0.05, 0.1) is 6.61 Å². The molecule has 0 aromatic carbocycles. The smallest absolute Gasteiger partial charge is 0.0593 e. The monoisotopic (exact) mass is 213 g/mol. The minimum Gasteiger partial charge on any atom is -0.380 e. The highest BCUT2D eigenvalue weighted by molar-refractivity contribution is 4.61. The van der Waals surface area contributed by atoms with Crippen LogP contribution in [0.25, 0.3) is 0 Å². The highest BCUT2D eigenvalue weighted by Gasteiger charge is 2.07. The van der Waals surface area contributed by atoms with Crippen LogP contribution in [0.3, 0.4) is 0 Å². The summed E-state index contributed by atoms with van der Waals surface area (Å²) in [6.45, 7) is 7.86. The maximum Gasteiger partial charge on any atom is 0.0593 e. The van der Waals surface area contributed by atoms with E-state index in [9.17, 15) is 0 Å². The number of nitrogens with zero attached hydrogens (tertiary/aromatic N) is 1. The molecule has 0 aliphatic carbocycles. The third-order valence-electron chi connectivity index (χ3n) is 3.14. The van der Waals surface area contributed by atoms with E-state index in [1.807, 2.05) is 0 Å². The van der Waals surface area contributed by atoms with Crippen LogP contribution in [0.2, 0.25) is 0 Å². The number of unbranched alkanes of at least 4 members (excludes halogenated alkanes) is 5. The Bertz CT molecular complexity index is 130. The van der Waals surface area contributed by atoms with E-state index in [0.29, 0.717) is 0 Å². The molecule has 1 saturated heterocycles. The van der Waals surface area contributed by atoms with Crippen LogP contribution in [0.15, 0.2) is 0 Å². The zero-order chi connectivity index (χ0) is 10.8. The van der Waals surface area contributed by atoms with Crippen molar-refractivity contribution in [1.82, 2.24) is 4.90 Å². The molecule has 0 saturated carbocycles. The Morgan fingerprint density at radius 2 is 1.73 bits per heavy atom. The first-order chi connectivity index (χ1) is 7.43. The topological polar surface area (TPSA) is 12.5 Å². The van der Waals surface area contributed by atoms with E-state index in [1.54, 1.807) is 0 Å². The van der Waals surface area contributed by atoms with Gasteiger partial charge in [-0.15, -0.1) is 0 Å². The summed E-state index contributed by atoms with van der Waals surface area (Å²) >= 11 is 0. The van der Waals surface area contributed by atoms with Crippen molar-refractivity contribution in [1.29, 1.82) is 0 Å². The largest absolute Gasteiger partial charge is 0.380 e. The minimum absolute atomic E-state index is 0.940. The van der Waals surface area contributed by atoms with E-state index in [0.717, 1.165) is 19.8 Å². The molecular formula is C13H27NO. The van der Waals surface area contributed by atoms with Gasteiger partial charge in [0.25, 0.3) is 0 Å². The highest BCUT2D eigenvalue weighted by Crippen LogP contribution is 2.07. The molecule has 2 heteroatoms. The van der Waals surface area contributed by atoms with Gasteiger partial charge in [0.1, 0.15) is 0 Å². The van der Waals surface area contributed by atoms with Gasteiger partial charge in [-0.1, -0.05) is 39.0 Å². The molecule has 0 unspecified atom stereocenters. The molecule has 1 aliphatic rings. The lowest BCUT2D eigenvalue weighted by Crippen LogP contribution is -2.27. The first kappa shape index (κ1) is 13.0. The van der Waals surface area contributed by atoms with Crippen molar-refractivity contribution in [3.05, 3.63) is 0 Å². The summed E-state index contributed by atoms with van der Waals surface area (Å²) in [5.74, 6) is 0. The molecule has 0 aromatic heterocycles. The van der Waals surface area contributed by atoms with Gasteiger partial charge in [0.2, 0.25) is 0 Å². The van der Waals surface area contributed by atoms with E-state index in [-0.39, 0.29) is 0 Å². The first-order valence-electron chi connectivity index (χ1n) is 6.73. The van der Waals surface area contributed by atoms with E-state index in [2.05, 4.69) is 11.8 Å². The van der Waals surface area contributed by atoms with Crippen molar-refractivity contribution in [2.24, 2.45) is 0 Å². The summed E-state index contributed by atoms with van der Waals surface area (Å²) in [5, 5.41) is 0. The first-order valence-corrected chi connectivity index (χ1v) is 6.73. The van der Waals surface area contributed by atoms with E-state index >= 15 is 0 Å². The number of rotatable bonds is 7. The molecular weight excluding hydrogens is 186 g/mol. The normalized spacial score (nSPS) is 19.0. The third-order valence-corrected chi connectivity index (χ3v) is 3.14. The Labute approximate surface area is 95.0 Å². The number of ether oxygens (including phenoxy) is 1. The van der Waals surface area contributed by atoms with Gasteiger partial charge < -0.3 is 9.64 Å². The maximum atomic E-state index is 5.44. The SMILES string of the molecule is CCCCCCCCN1CCCOCC1. The summed E-state index contributed by atoms with van der Waals surface area (Å²) in [4.78, 5) is 2.56. The van der Waals surface area contributed by atoms with Gasteiger partial charge in [-0.3, -0.25) is 0 Å². The van der Waals surface area contributed by atoms with Gasteiger partial charge in [-0.25, -0.2) is 0 Å². The fourth-order valence-corrected chi connectivity index (χ4v) is 2.14. The van der Waals surface area contributed by atoms with Gasteiger partial charge in [0, 0.05) is 19.7 Å². The lowest BCUT2D eigenvalue weighted by Gasteiger charge is -2.18. The van der Waals surface area contributed by atoms with Crippen LogP contribution in [0, 0.1) is 0 Å². The van der Waals surface area contributed by atoms with E-state index < -0.39 is 0 Å². The van der Waals surface area contributed by atoms with Crippen LogP contribution in [-0.2, 0) is 4.74 Å². The predicted octanol–water partition coefficient (Wildman–Crippen LogP) is 3.07. The summed E-state index contributed by atoms with van der Waals surface area (Å²) in [6.07, 6.45) is 9.63. The summed E-state index contributed by atoms with van der Waals surface area (Å²) in [5.41, 5.74) is 0. The Morgan fingerprint density at radius 3 is 2.60 bits per heavy atom. The zero-order valence-electron chi connectivity index (χ0n) is 10.3. The van der Waals surface area contributed by atoms with Gasteiger partial charge >= 0.3 is 0 Å². The average Bonchev–Trinajstić information content (AvgIpc) is 2.52. The molecule has 1 rings (SSSR count). The van der Waals surface area contributed by atoms with E-state index in [1.165, 1.54) is 58.0 Å². The van der Waals surface area contributed by atoms with Gasteiger partial charge in [0.15, 0.2) is 0 Å².